The fourth-order valence-corrected chi connectivity index (χ4v) is 1.71. The number of anilines is 1. The molecule has 0 aromatic heterocycles. The summed E-state index contributed by atoms with van der Waals surface area (Å²) in [7, 11) is 1.22. The van der Waals surface area contributed by atoms with E-state index in [-0.39, 0.29) is 29.6 Å². The Hall–Kier alpha value is -1.95. The molecular formula is C14H19FN2O3. The summed E-state index contributed by atoms with van der Waals surface area (Å²) in [5, 5.41) is 2.52. The molecule has 1 atom stereocenters. The number of rotatable bonds is 6. The molecule has 0 saturated heterocycles. The Labute approximate surface area is 117 Å². The summed E-state index contributed by atoms with van der Waals surface area (Å²) in [4.78, 5) is 23.3. The van der Waals surface area contributed by atoms with Crippen LogP contribution in [0.5, 0.6) is 0 Å². The van der Waals surface area contributed by atoms with Crippen molar-refractivity contribution in [3.05, 3.63) is 29.6 Å². The first-order valence-corrected chi connectivity index (χ1v) is 6.37. The SMILES string of the molecule is COC(=O)c1ccc(F)cc1NC(=O)CCCC(C)N. The first-order chi connectivity index (χ1) is 9.43. The number of hydrogen-bond donors (Lipinski definition) is 2. The summed E-state index contributed by atoms with van der Waals surface area (Å²) in [6, 6.07) is 3.54. The normalized spacial score (nSPS) is 11.8. The topological polar surface area (TPSA) is 81.4 Å². The molecule has 1 amide bonds. The lowest BCUT2D eigenvalue weighted by atomic mass is 10.1. The summed E-state index contributed by atoms with van der Waals surface area (Å²) in [6.07, 6.45) is 1.62. The molecule has 0 bridgehead atoms. The lowest BCUT2D eigenvalue weighted by Gasteiger charge is -2.10. The quantitative estimate of drug-likeness (QED) is 0.783. The molecule has 20 heavy (non-hydrogen) atoms. The van der Waals surface area contributed by atoms with Crippen LogP contribution in [-0.2, 0) is 9.53 Å². The van der Waals surface area contributed by atoms with Crippen molar-refractivity contribution < 1.29 is 18.7 Å². The van der Waals surface area contributed by atoms with Gasteiger partial charge in [0.1, 0.15) is 5.82 Å². The second kappa shape index (κ2) is 7.59. The summed E-state index contributed by atoms with van der Waals surface area (Å²) in [6.45, 7) is 1.86. The van der Waals surface area contributed by atoms with Crippen LogP contribution in [0.25, 0.3) is 0 Å². The van der Waals surface area contributed by atoms with Crippen LogP contribution in [0.2, 0.25) is 0 Å². The van der Waals surface area contributed by atoms with Crippen molar-refractivity contribution in [1.82, 2.24) is 0 Å². The molecule has 0 heterocycles. The average molecular weight is 282 g/mol. The van der Waals surface area contributed by atoms with E-state index in [2.05, 4.69) is 10.1 Å². The van der Waals surface area contributed by atoms with Crippen LogP contribution in [-0.4, -0.2) is 25.0 Å². The van der Waals surface area contributed by atoms with Crippen LogP contribution in [0.4, 0.5) is 10.1 Å². The molecule has 5 nitrogen and oxygen atoms in total. The molecular weight excluding hydrogens is 263 g/mol. The Bertz CT molecular complexity index is 489. The second-order valence-corrected chi connectivity index (χ2v) is 4.60. The van der Waals surface area contributed by atoms with Crippen LogP contribution < -0.4 is 11.1 Å². The fraction of sp³-hybridized carbons (Fsp3) is 0.429. The molecule has 1 rings (SSSR count). The third-order valence-corrected chi connectivity index (χ3v) is 2.72. The van der Waals surface area contributed by atoms with Crippen molar-refractivity contribution in [3.8, 4) is 0 Å². The van der Waals surface area contributed by atoms with Crippen molar-refractivity contribution in [2.45, 2.75) is 32.2 Å². The molecule has 0 aliphatic rings. The lowest BCUT2D eigenvalue weighted by Crippen LogP contribution is -2.18. The van der Waals surface area contributed by atoms with Gasteiger partial charge in [0.2, 0.25) is 5.91 Å². The fourth-order valence-electron chi connectivity index (χ4n) is 1.71. The van der Waals surface area contributed by atoms with E-state index in [1.165, 1.54) is 13.2 Å². The molecule has 6 heteroatoms. The molecule has 3 N–H and O–H groups in total. The Morgan fingerprint density at radius 3 is 2.75 bits per heavy atom. The Kier molecular flexibility index (Phi) is 6.11. The van der Waals surface area contributed by atoms with Gasteiger partial charge in [-0.15, -0.1) is 0 Å². The van der Waals surface area contributed by atoms with Gasteiger partial charge >= 0.3 is 5.97 Å². The largest absolute Gasteiger partial charge is 0.465 e. The van der Waals surface area contributed by atoms with Crippen LogP contribution in [0, 0.1) is 5.82 Å². The van der Waals surface area contributed by atoms with E-state index < -0.39 is 11.8 Å². The minimum atomic E-state index is -0.629. The predicted molar refractivity (Wildman–Crippen MR) is 73.9 cm³/mol. The van der Waals surface area contributed by atoms with Gasteiger partial charge in [-0.2, -0.15) is 0 Å². The summed E-state index contributed by atoms with van der Waals surface area (Å²) >= 11 is 0. The van der Waals surface area contributed by atoms with Crippen molar-refractivity contribution in [1.29, 1.82) is 0 Å². The van der Waals surface area contributed by atoms with Crippen molar-refractivity contribution in [2.24, 2.45) is 5.73 Å². The van der Waals surface area contributed by atoms with Crippen LogP contribution in [0.15, 0.2) is 18.2 Å². The zero-order chi connectivity index (χ0) is 15.1. The van der Waals surface area contributed by atoms with E-state index >= 15 is 0 Å². The molecule has 0 saturated carbocycles. The van der Waals surface area contributed by atoms with Gasteiger partial charge in [0.25, 0.3) is 0 Å². The summed E-state index contributed by atoms with van der Waals surface area (Å²) < 4.78 is 17.8. The smallest absolute Gasteiger partial charge is 0.339 e. The molecule has 1 aromatic carbocycles. The van der Waals surface area contributed by atoms with Gasteiger partial charge in [-0.1, -0.05) is 0 Å². The standard InChI is InChI=1S/C14H19FN2O3/c1-9(16)4-3-5-13(18)17-12-8-10(15)6-7-11(12)14(19)20-2/h6-9H,3-5,16H2,1-2H3,(H,17,18). The maximum absolute atomic E-state index is 13.2. The van der Waals surface area contributed by atoms with Gasteiger partial charge in [-0.25, -0.2) is 9.18 Å². The second-order valence-electron chi connectivity index (χ2n) is 4.60. The van der Waals surface area contributed by atoms with Crippen LogP contribution >= 0.6 is 0 Å². The highest BCUT2D eigenvalue weighted by atomic mass is 19.1. The number of halogens is 1. The van der Waals surface area contributed by atoms with Gasteiger partial charge < -0.3 is 15.8 Å². The van der Waals surface area contributed by atoms with Gasteiger partial charge in [0.15, 0.2) is 0 Å². The van der Waals surface area contributed by atoms with E-state index in [0.717, 1.165) is 18.6 Å². The van der Waals surface area contributed by atoms with Crippen molar-refractivity contribution in [3.63, 3.8) is 0 Å². The van der Waals surface area contributed by atoms with E-state index in [1.54, 1.807) is 0 Å². The molecule has 0 radical (unpaired) electrons. The van der Waals surface area contributed by atoms with Gasteiger partial charge in [0, 0.05) is 12.5 Å². The number of methoxy groups -OCH3 is 1. The van der Waals surface area contributed by atoms with Crippen LogP contribution in [0.3, 0.4) is 0 Å². The number of ether oxygens (including phenoxy) is 1. The monoisotopic (exact) mass is 282 g/mol. The summed E-state index contributed by atoms with van der Waals surface area (Å²) in [5.41, 5.74) is 5.82. The number of carbonyl (C=O) groups is 2. The molecule has 0 spiro atoms. The van der Waals surface area contributed by atoms with E-state index in [0.29, 0.717) is 6.42 Å². The number of hydrogen-bond acceptors (Lipinski definition) is 4. The van der Waals surface area contributed by atoms with E-state index in [4.69, 9.17) is 5.73 Å². The molecule has 1 unspecified atom stereocenters. The number of nitrogens with one attached hydrogen (secondary N) is 1. The van der Waals surface area contributed by atoms with E-state index in [9.17, 15) is 14.0 Å². The first kappa shape index (κ1) is 16.1. The maximum atomic E-state index is 13.2. The van der Waals surface area contributed by atoms with Gasteiger partial charge in [0.05, 0.1) is 18.4 Å². The first-order valence-electron chi connectivity index (χ1n) is 6.37. The van der Waals surface area contributed by atoms with Gasteiger partial charge in [-0.3, -0.25) is 4.79 Å². The minimum Gasteiger partial charge on any atom is -0.465 e. The average Bonchev–Trinajstić information content (AvgIpc) is 2.37. The highest BCUT2D eigenvalue weighted by Crippen LogP contribution is 2.18. The maximum Gasteiger partial charge on any atom is 0.339 e. The number of amides is 1. The third-order valence-electron chi connectivity index (χ3n) is 2.72. The highest BCUT2D eigenvalue weighted by molar-refractivity contribution is 6.01. The zero-order valence-corrected chi connectivity index (χ0v) is 11.6. The number of carbonyl (C=O) groups excluding carboxylic acids is 2. The lowest BCUT2D eigenvalue weighted by molar-refractivity contribution is -0.116. The molecule has 110 valence electrons. The van der Waals surface area contributed by atoms with Crippen molar-refractivity contribution >= 4 is 17.6 Å². The summed E-state index contributed by atoms with van der Waals surface area (Å²) in [5.74, 6) is -1.46. The highest BCUT2D eigenvalue weighted by Gasteiger charge is 2.14. The Morgan fingerprint density at radius 2 is 2.15 bits per heavy atom. The Balaban J connectivity index is 2.72. The zero-order valence-electron chi connectivity index (χ0n) is 11.6. The van der Waals surface area contributed by atoms with E-state index in [1.807, 2.05) is 6.92 Å². The van der Waals surface area contributed by atoms with Crippen molar-refractivity contribution in [2.75, 3.05) is 12.4 Å². The molecule has 1 aromatic rings. The molecule has 0 aliphatic heterocycles. The Morgan fingerprint density at radius 1 is 1.45 bits per heavy atom. The third kappa shape index (κ3) is 4.97. The number of benzene rings is 1. The minimum absolute atomic E-state index is 0.0302. The van der Waals surface area contributed by atoms with Gasteiger partial charge in [-0.05, 0) is 38.0 Å². The molecule has 0 aliphatic carbocycles. The number of esters is 1. The molecule has 0 fully saturated rings. The predicted octanol–water partition coefficient (Wildman–Crippen LogP) is 2.07. The number of nitrogens with two attached hydrogens (primary N) is 1. The van der Waals surface area contributed by atoms with Crippen LogP contribution in [0.1, 0.15) is 36.5 Å².